The van der Waals surface area contributed by atoms with Crippen molar-refractivity contribution >= 4 is 5.78 Å². The van der Waals surface area contributed by atoms with Crippen LogP contribution in [0.1, 0.15) is 54.0 Å². The molecular formula is C17H29N3O3. The normalized spacial score (nSPS) is 16.0. The highest BCUT2D eigenvalue weighted by Crippen LogP contribution is 2.27. The smallest absolute Gasteiger partial charge is 0.179 e. The van der Waals surface area contributed by atoms with Gasteiger partial charge >= 0.3 is 0 Å². The third-order valence-electron chi connectivity index (χ3n) is 4.54. The maximum atomic E-state index is 11.9. The van der Waals surface area contributed by atoms with Gasteiger partial charge in [-0.3, -0.25) is 9.63 Å². The predicted molar refractivity (Wildman–Crippen MR) is 89.4 cm³/mol. The monoisotopic (exact) mass is 323 g/mol. The van der Waals surface area contributed by atoms with Crippen LogP contribution >= 0.6 is 0 Å². The molecule has 1 aliphatic carbocycles. The van der Waals surface area contributed by atoms with Crippen LogP contribution in [-0.2, 0) is 17.9 Å². The number of aryl methyl sites for hydroxylation is 1. The van der Waals surface area contributed by atoms with Crippen LogP contribution in [0, 0.1) is 6.92 Å². The maximum Gasteiger partial charge on any atom is 0.179 e. The number of likely N-dealkylation sites (N-methyl/N-ethyl adjacent to an activating group) is 1. The number of aliphatic hydroxyl groups is 1. The number of aromatic nitrogens is 1. The van der Waals surface area contributed by atoms with Gasteiger partial charge in [0.25, 0.3) is 0 Å². The third-order valence-corrected chi connectivity index (χ3v) is 4.54. The molecule has 0 saturated heterocycles. The van der Waals surface area contributed by atoms with Crippen LogP contribution in [0.5, 0.6) is 0 Å². The molecule has 0 aromatic carbocycles. The number of carbonyl (C=O) groups excluding carboxylic acids is 1. The van der Waals surface area contributed by atoms with Crippen LogP contribution in [0.25, 0.3) is 0 Å². The highest BCUT2D eigenvalue weighted by atomic mass is 16.6. The quantitative estimate of drug-likeness (QED) is 0.475. The molecule has 0 radical (unpaired) electrons. The molecule has 0 fully saturated rings. The molecule has 0 aliphatic heterocycles. The Hall–Kier alpha value is -1.21. The summed E-state index contributed by atoms with van der Waals surface area (Å²) >= 11 is 0. The lowest BCUT2D eigenvalue weighted by Crippen LogP contribution is -2.38. The number of H-pyrrole nitrogens is 1. The molecule has 0 amide bonds. The van der Waals surface area contributed by atoms with Crippen molar-refractivity contribution in [3.63, 3.8) is 0 Å². The number of nitrogens with zero attached hydrogens (tertiary/aromatic N) is 1. The zero-order valence-corrected chi connectivity index (χ0v) is 14.4. The van der Waals surface area contributed by atoms with E-state index in [1.807, 2.05) is 6.92 Å². The van der Waals surface area contributed by atoms with Gasteiger partial charge in [-0.1, -0.05) is 13.8 Å². The van der Waals surface area contributed by atoms with Crippen LogP contribution < -0.4 is 5.48 Å². The summed E-state index contributed by atoms with van der Waals surface area (Å²) in [4.78, 5) is 22.8. The van der Waals surface area contributed by atoms with Crippen molar-refractivity contribution in [2.24, 2.45) is 0 Å². The van der Waals surface area contributed by atoms with Gasteiger partial charge in [0, 0.05) is 30.8 Å². The minimum atomic E-state index is -0.460. The van der Waals surface area contributed by atoms with Crippen LogP contribution in [0.15, 0.2) is 0 Å². The first-order chi connectivity index (χ1) is 11.1. The van der Waals surface area contributed by atoms with Gasteiger partial charge in [-0.15, -0.1) is 0 Å². The van der Waals surface area contributed by atoms with Crippen LogP contribution in [-0.4, -0.2) is 53.1 Å². The van der Waals surface area contributed by atoms with Gasteiger partial charge in [0.15, 0.2) is 5.78 Å². The van der Waals surface area contributed by atoms with E-state index < -0.39 is 6.10 Å². The molecule has 23 heavy (non-hydrogen) atoms. The van der Waals surface area contributed by atoms with Crippen molar-refractivity contribution in [1.29, 1.82) is 0 Å². The number of aromatic amines is 1. The number of hydroxylamine groups is 1. The highest BCUT2D eigenvalue weighted by Gasteiger charge is 2.23. The predicted octanol–water partition coefficient (Wildman–Crippen LogP) is 1.57. The number of rotatable bonds is 9. The molecule has 6 nitrogen and oxygen atoms in total. The Morgan fingerprint density at radius 1 is 1.35 bits per heavy atom. The summed E-state index contributed by atoms with van der Waals surface area (Å²) in [6.07, 6.45) is 2.00. The van der Waals surface area contributed by atoms with Crippen LogP contribution in [0.3, 0.4) is 0 Å². The minimum absolute atomic E-state index is 0.197. The Balaban J connectivity index is 1.80. The maximum absolute atomic E-state index is 11.9. The molecule has 2 rings (SSSR count). The van der Waals surface area contributed by atoms with E-state index in [1.54, 1.807) is 0 Å². The lowest BCUT2D eigenvalue weighted by atomic mass is 9.94. The standard InChI is InChI=1S/C17H29N3O3/c1-4-20(5-2)10-13(21)9-18-23-11-15-12(3)19-17-14(15)7-6-8-16(17)22/h13,18-19,21H,4-11H2,1-3H3. The third kappa shape index (κ3) is 4.64. The lowest BCUT2D eigenvalue weighted by Gasteiger charge is -2.22. The van der Waals surface area contributed by atoms with E-state index in [9.17, 15) is 9.90 Å². The first-order valence-electron chi connectivity index (χ1n) is 8.55. The van der Waals surface area contributed by atoms with Gasteiger partial charge in [-0.05, 0) is 38.4 Å². The largest absolute Gasteiger partial charge is 0.390 e. The molecule has 1 aliphatic rings. The number of carbonyl (C=O) groups is 1. The summed E-state index contributed by atoms with van der Waals surface area (Å²) < 4.78 is 0. The average molecular weight is 323 g/mol. The lowest BCUT2D eigenvalue weighted by molar-refractivity contribution is -0.00363. The summed E-state index contributed by atoms with van der Waals surface area (Å²) in [5, 5.41) is 9.99. The molecule has 3 N–H and O–H groups in total. The number of fused-ring (bicyclic) bond motifs is 1. The van der Waals surface area contributed by atoms with Gasteiger partial charge in [0.05, 0.1) is 18.4 Å². The fourth-order valence-electron chi connectivity index (χ4n) is 3.10. The molecule has 0 bridgehead atoms. The SMILES string of the molecule is CCN(CC)CC(O)CNOCc1c(C)[nH]c2c1CCCC2=O. The fraction of sp³-hybridized carbons (Fsp3) is 0.706. The summed E-state index contributed by atoms with van der Waals surface area (Å²) in [6, 6.07) is 0. The number of Topliss-reactive ketones (excluding diaryl/α,β-unsaturated/α-hetero) is 1. The Kier molecular flexibility index (Phi) is 6.77. The fourth-order valence-corrected chi connectivity index (χ4v) is 3.10. The molecular weight excluding hydrogens is 294 g/mol. The second-order valence-electron chi connectivity index (χ2n) is 6.14. The molecule has 1 atom stereocenters. The topological polar surface area (TPSA) is 77.6 Å². The molecule has 1 aromatic rings. The zero-order chi connectivity index (χ0) is 16.8. The van der Waals surface area contributed by atoms with Crippen LogP contribution in [0.4, 0.5) is 0 Å². The van der Waals surface area contributed by atoms with E-state index in [0.717, 1.165) is 48.4 Å². The first kappa shape index (κ1) is 18.1. The van der Waals surface area contributed by atoms with Crippen molar-refractivity contribution in [3.05, 3.63) is 22.5 Å². The summed E-state index contributed by atoms with van der Waals surface area (Å²) in [5.74, 6) is 0.197. The molecule has 6 heteroatoms. The highest BCUT2D eigenvalue weighted by molar-refractivity contribution is 5.97. The van der Waals surface area contributed by atoms with Crippen LogP contribution in [0.2, 0.25) is 0 Å². The number of hydrogen-bond donors (Lipinski definition) is 3. The van der Waals surface area contributed by atoms with Gasteiger partial charge in [-0.2, -0.15) is 5.48 Å². The van der Waals surface area contributed by atoms with E-state index >= 15 is 0 Å². The van der Waals surface area contributed by atoms with Crippen molar-refractivity contribution in [3.8, 4) is 0 Å². The molecule has 0 saturated carbocycles. The molecule has 1 aromatic heterocycles. The minimum Gasteiger partial charge on any atom is -0.390 e. The van der Waals surface area contributed by atoms with Crippen molar-refractivity contribution in [2.45, 2.75) is 52.7 Å². The van der Waals surface area contributed by atoms with E-state index in [1.165, 1.54) is 0 Å². The van der Waals surface area contributed by atoms with Gasteiger partial charge in [0.2, 0.25) is 0 Å². The van der Waals surface area contributed by atoms with Gasteiger partial charge in [0.1, 0.15) is 0 Å². The Morgan fingerprint density at radius 2 is 2.09 bits per heavy atom. The van der Waals surface area contributed by atoms with E-state index in [4.69, 9.17) is 4.84 Å². The number of hydrogen-bond acceptors (Lipinski definition) is 5. The summed E-state index contributed by atoms with van der Waals surface area (Å²) in [7, 11) is 0. The second kappa shape index (κ2) is 8.59. The zero-order valence-electron chi connectivity index (χ0n) is 14.4. The van der Waals surface area contributed by atoms with E-state index in [0.29, 0.717) is 26.1 Å². The first-order valence-corrected chi connectivity index (χ1v) is 8.55. The van der Waals surface area contributed by atoms with Gasteiger partial charge in [-0.25, -0.2) is 0 Å². The average Bonchev–Trinajstić information content (AvgIpc) is 2.86. The molecule has 0 spiro atoms. The number of aliphatic hydroxyl groups excluding tert-OH is 1. The van der Waals surface area contributed by atoms with Gasteiger partial charge < -0.3 is 15.0 Å². The Bertz CT molecular complexity index is 523. The second-order valence-corrected chi connectivity index (χ2v) is 6.14. The molecule has 1 heterocycles. The number of ketones is 1. The number of nitrogens with one attached hydrogen (secondary N) is 2. The Morgan fingerprint density at radius 3 is 2.78 bits per heavy atom. The molecule has 130 valence electrons. The summed E-state index contributed by atoms with van der Waals surface area (Å²) in [6.45, 7) is 9.42. The molecule has 1 unspecified atom stereocenters. The van der Waals surface area contributed by atoms with E-state index in [-0.39, 0.29) is 5.78 Å². The van der Waals surface area contributed by atoms with Crippen molar-refractivity contribution in [2.75, 3.05) is 26.2 Å². The van der Waals surface area contributed by atoms with Crippen molar-refractivity contribution < 1.29 is 14.7 Å². The Labute approximate surface area is 138 Å². The van der Waals surface area contributed by atoms with Crippen molar-refractivity contribution in [1.82, 2.24) is 15.4 Å². The van der Waals surface area contributed by atoms with E-state index in [2.05, 4.69) is 29.2 Å². The summed E-state index contributed by atoms with van der Waals surface area (Å²) in [5.41, 5.74) is 6.77.